The Kier molecular flexibility index (Phi) is 5.54. The molecule has 0 fully saturated rings. The summed E-state index contributed by atoms with van der Waals surface area (Å²) >= 11 is 6.12. The van der Waals surface area contributed by atoms with E-state index in [1.165, 1.54) is 30.8 Å². The Morgan fingerprint density at radius 2 is 1.72 bits per heavy atom. The second kappa shape index (κ2) is 8.32. The van der Waals surface area contributed by atoms with Gasteiger partial charge in [-0.05, 0) is 49.4 Å². The second-order valence-electron chi connectivity index (χ2n) is 7.28. The number of rotatable bonds is 4. The van der Waals surface area contributed by atoms with Gasteiger partial charge in [0, 0.05) is 19.1 Å². The third-order valence-electron chi connectivity index (χ3n) is 4.97. The summed E-state index contributed by atoms with van der Waals surface area (Å²) < 4.78 is 8.12. The van der Waals surface area contributed by atoms with E-state index < -0.39 is 17.2 Å². The number of ether oxygens (including phenoxy) is 1. The van der Waals surface area contributed by atoms with Crippen molar-refractivity contribution < 1.29 is 9.53 Å². The van der Waals surface area contributed by atoms with E-state index in [-0.39, 0.29) is 16.7 Å². The highest BCUT2D eigenvalue weighted by atomic mass is 35.5. The molecule has 2 aromatic heterocycles. The Hall–Kier alpha value is -3.91. The van der Waals surface area contributed by atoms with Gasteiger partial charge >= 0.3 is 5.69 Å². The highest BCUT2D eigenvalue weighted by Gasteiger charge is 2.16. The number of nitrogens with zero attached hydrogens (tertiary/aromatic N) is 3. The van der Waals surface area contributed by atoms with Gasteiger partial charge in [0.1, 0.15) is 17.1 Å². The number of halogens is 1. The Balaban J connectivity index is 1.69. The maximum absolute atomic E-state index is 12.9. The molecule has 0 saturated heterocycles. The van der Waals surface area contributed by atoms with Crippen LogP contribution in [0.4, 0.5) is 5.69 Å². The number of anilines is 1. The van der Waals surface area contributed by atoms with E-state index in [4.69, 9.17) is 16.3 Å². The molecule has 0 bridgehead atoms. The van der Waals surface area contributed by atoms with Crippen molar-refractivity contribution in [3.05, 3.63) is 91.7 Å². The van der Waals surface area contributed by atoms with E-state index in [1.807, 2.05) is 31.2 Å². The molecule has 0 spiro atoms. The summed E-state index contributed by atoms with van der Waals surface area (Å²) in [7, 11) is 2.88. The maximum atomic E-state index is 12.9. The number of carbonyl (C=O) groups is 1. The first kappa shape index (κ1) is 21.3. The van der Waals surface area contributed by atoms with E-state index in [9.17, 15) is 14.4 Å². The number of nitrogens with one attached hydrogen (secondary N) is 1. The van der Waals surface area contributed by atoms with Gasteiger partial charge in [-0.15, -0.1) is 0 Å². The molecule has 1 N–H and O–H groups in total. The first-order valence-corrected chi connectivity index (χ1v) is 10.0. The van der Waals surface area contributed by atoms with Crippen LogP contribution in [0.5, 0.6) is 11.5 Å². The zero-order valence-corrected chi connectivity index (χ0v) is 18.3. The summed E-state index contributed by atoms with van der Waals surface area (Å²) in [5.41, 5.74) is 0.578. The van der Waals surface area contributed by atoms with Gasteiger partial charge in [-0.2, -0.15) is 0 Å². The lowest BCUT2D eigenvalue weighted by Gasteiger charge is -2.13. The number of hydrogen-bond acceptors (Lipinski definition) is 5. The van der Waals surface area contributed by atoms with E-state index >= 15 is 0 Å². The Morgan fingerprint density at radius 1 is 1.00 bits per heavy atom. The fourth-order valence-electron chi connectivity index (χ4n) is 3.19. The number of fused-ring (bicyclic) bond motifs is 1. The van der Waals surface area contributed by atoms with E-state index in [0.29, 0.717) is 22.2 Å². The van der Waals surface area contributed by atoms with Gasteiger partial charge < -0.3 is 10.1 Å². The molecule has 0 saturated carbocycles. The smallest absolute Gasteiger partial charge is 0.332 e. The average Bonchev–Trinajstić information content (AvgIpc) is 2.79. The maximum Gasteiger partial charge on any atom is 0.332 e. The van der Waals surface area contributed by atoms with Crippen molar-refractivity contribution in [1.29, 1.82) is 0 Å². The Morgan fingerprint density at radius 3 is 2.44 bits per heavy atom. The zero-order valence-electron chi connectivity index (χ0n) is 17.5. The summed E-state index contributed by atoms with van der Waals surface area (Å²) in [5.74, 6) is 0.452. The van der Waals surface area contributed by atoms with E-state index in [0.717, 1.165) is 10.1 Å². The molecule has 4 rings (SSSR count). The molecule has 0 aliphatic rings. The van der Waals surface area contributed by atoms with Crippen LogP contribution in [0.2, 0.25) is 5.02 Å². The third kappa shape index (κ3) is 4.00. The second-order valence-corrected chi connectivity index (χ2v) is 7.72. The summed E-state index contributed by atoms with van der Waals surface area (Å²) in [5, 5.41) is 3.39. The van der Waals surface area contributed by atoms with Crippen LogP contribution in [-0.4, -0.2) is 20.0 Å². The van der Waals surface area contributed by atoms with Gasteiger partial charge in [0.25, 0.3) is 11.5 Å². The van der Waals surface area contributed by atoms with Crippen LogP contribution in [0.25, 0.3) is 11.0 Å². The zero-order chi connectivity index (χ0) is 23.0. The molecule has 0 aliphatic heterocycles. The van der Waals surface area contributed by atoms with Crippen LogP contribution in [0.3, 0.4) is 0 Å². The number of pyridine rings is 1. The molecule has 1 amide bonds. The molecule has 9 heteroatoms. The minimum atomic E-state index is -0.545. The SMILES string of the molecule is Cc1ccc(Oc2ccc(Cl)cc2NC(=O)c2ccc3c(=O)n(C)c(=O)n(C)c3n2)cc1. The van der Waals surface area contributed by atoms with Crippen molar-refractivity contribution in [3.8, 4) is 11.5 Å². The Bertz CT molecular complexity index is 1470. The van der Waals surface area contributed by atoms with Crippen LogP contribution >= 0.6 is 11.6 Å². The third-order valence-corrected chi connectivity index (χ3v) is 5.21. The molecule has 0 radical (unpaired) electrons. The minimum absolute atomic E-state index is 0.0296. The van der Waals surface area contributed by atoms with Crippen LogP contribution in [-0.2, 0) is 14.1 Å². The lowest BCUT2D eigenvalue weighted by atomic mass is 10.2. The molecule has 4 aromatic rings. The van der Waals surface area contributed by atoms with Crippen molar-refractivity contribution >= 4 is 34.2 Å². The van der Waals surface area contributed by atoms with Crippen molar-refractivity contribution in [3.63, 3.8) is 0 Å². The number of hydrogen-bond donors (Lipinski definition) is 1. The molecular weight excluding hydrogens is 432 g/mol. The van der Waals surface area contributed by atoms with E-state index in [2.05, 4.69) is 10.3 Å². The number of benzene rings is 2. The highest BCUT2D eigenvalue weighted by molar-refractivity contribution is 6.31. The van der Waals surface area contributed by atoms with Crippen LogP contribution in [0.1, 0.15) is 16.1 Å². The fraction of sp³-hybridized carbons (Fsp3) is 0.130. The monoisotopic (exact) mass is 450 g/mol. The highest BCUT2D eigenvalue weighted by Crippen LogP contribution is 2.32. The fourth-order valence-corrected chi connectivity index (χ4v) is 3.36. The molecule has 8 nitrogen and oxygen atoms in total. The van der Waals surface area contributed by atoms with Gasteiger partial charge in [-0.3, -0.25) is 18.7 Å². The summed E-state index contributed by atoms with van der Waals surface area (Å²) in [6.07, 6.45) is 0. The number of aryl methyl sites for hydroxylation is 2. The van der Waals surface area contributed by atoms with Crippen molar-refractivity contribution in [2.75, 3.05) is 5.32 Å². The first-order valence-electron chi connectivity index (χ1n) is 9.67. The number of amides is 1. The van der Waals surface area contributed by atoms with E-state index in [1.54, 1.807) is 18.2 Å². The predicted octanol–water partition coefficient (Wildman–Crippen LogP) is 3.64. The molecule has 162 valence electrons. The quantitative estimate of drug-likeness (QED) is 0.512. The van der Waals surface area contributed by atoms with Crippen molar-refractivity contribution in [2.24, 2.45) is 14.1 Å². The normalized spacial score (nSPS) is 10.9. The van der Waals surface area contributed by atoms with Crippen LogP contribution in [0.15, 0.2) is 64.2 Å². The van der Waals surface area contributed by atoms with Crippen molar-refractivity contribution in [1.82, 2.24) is 14.1 Å². The van der Waals surface area contributed by atoms with Crippen LogP contribution in [0, 0.1) is 6.92 Å². The summed E-state index contributed by atoms with van der Waals surface area (Å²) in [4.78, 5) is 41.7. The lowest BCUT2D eigenvalue weighted by Crippen LogP contribution is -2.37. The first-order chi connectivity index (χ1) is 15.2. The molecular formula is C23H19ClN4O4. The molecule has 0 atom stereocenters. The minimum Gasteiger partial charge on any atom is -0.455 e. The average molecular weight is 451 g/mol. The van der Waals surface area contributed by atoms with Crippen molar-refractivity contribution in [2.45, 2.75) is 6.92 Å². The summed E-state index contributed by atoms with van der Waals surface area (Å²) in [6.45, 7) is 1.97. The standard InChI is InChI=1S/C23H19ClN4O4/c1-13-4-7-15(8-5-13)32-19-11-6-14(24)12-18(19)26-21(29)17-10-9-16-20(25-17)27(2)23(31)28(3)22(16)30/h4-12H,1-3H3,(H,26,29). The predicted molar refractivity (Wildman–Crippen MR) is 123 cm³/mol. The summed E-state index contributed by atoms with van der Waals surface area (Å²) in [6, 6.07) is 15.2. The Labute approximate surface area is 187 Å². The van der Waals surface area contributed by atoms with Crippen LogP contribution < -0.4 is 21.3 Å². The number of aromatic nitrogens is 3. The molecule has 2 aromatic carbocycles. The molecule has 2 heterocycles. The number of carbonyl (C=O) groups excluding carboxylic acids is 1. The van der Waals surface area contributed by atoms with Gasteiger partial charge in [0.15, 0.2) is 5.75 Å². The molecule has 0 aliphatic carbocycles. The van der Waals surface area contributed by atoms with Gasteiger partial charge in [0.05, 0.1) is 11.1 Å². The lowest BCUT2D eigenvalue weighted by molar-refractivity contribution is 0.102. The van der Waals surface area contributed by atoms with Gasteiger partial charge in [0.2, 0.25) is 0 Å². The topological polar surface area (TPSA) is 95.2 Å². The molecule has 32 heavy (non-hydrogen) atoms. The van der Waals surface area contributed by atoms with Gasteiger partial charge in [-0.25, -0.2) is 9.78 Å². The molecule has 0 unspecified atom stereocenters. The van der Waals surface area contributed by atoms with Gasteiger partial charge in [-0.1, -0.05) is 29.3 Å². The largest absolute Gasteiger partial charge is 0.455 e.